The van der Waals surface area contributed by atoms with Crippen molar-refractivity contribution in [3.8, 4) is 0 Å². The molecule has 0 heterocycles. The third-order valence-electron chi connectivity index (χ3n) is 4.37. The van der Waals surface area contributed by atoms with Crippen LogP contribution in [0.25, 0.3) is 12.2 Å². The van der Waals surface area contributed by atoms with Gasteiger partial charge in [0.15, 0.2) is 5.78 Å². The predicted octanol–water partition coefficient (Wildman–Crippen LogP) is 3.08. The van der Waals surface area contributed by atoms with E-state index in [1.165, 1.54) is 0 Å². The second-order valence-corrected chi connectivity index (χ2v) is 6.24. The smallest absolute Gasteiger partial charge is 0.185 e. The van der Waals surface area contributed by atoms with E-state index in [0.717, 1.165) is 22.3 Å². The van der Waals surface area contributed by atoms with Gasteiger partial charge in [-0.1, -0.05) is 48.5 Å². The number of hydrogen-bond acceptors (Lipinski definition) is 3. The molecule has 26 heavy (non-hydrogen) atoms. The molecular formula is C21H20N4O. The summed E-state index contributed by atoms with van der Waals surface area (Å²) >= 11 is 0. The van der Waals surface area contributed by atoms with Crippen molar-refractivity contribution in [3.05, 3.63) is 81.9 Å². The number of carbonyl (C=O) groups is 1. The van der Waals surface area contributed by atoms with Crippen LogP contribution in [0.4, 0.5) is 0 Å². The van der Waals surface area contributed by atoms with E-state index < -0.39 is 0 Å². The van der Waals surface area contributed by atoms with Gasteiger partial charge in [0.25, 0.3) is 0 Å². The Morgan fingerprint density at radius 3 is 1.38 bits per heavy atom. The molecule has 0 unspecified atom stereocenters. The number of nitrogen functional groups attached to an aromatic ring is 2. The molecule has 130 valence electrons. The second-order valence-electron chi connectivity index (χ2n) is 6.24. The van der Waals surface area contributed by atoms with E-state index in [-0.39, 0.29) is 17.5 Å². The third-order valence-corrected chi connectivity index (χ3v) is 4.37. The molecule has 5 heteroatoms. The number of hydrogen-bond donors (Lipinski definition) is 4. The highest BCUT2D eigenvalue weighted by molar-refractivity contribution is 6.15. The normalized spacial score (nSPS) is 17.0. The molecule has 5 nitrogen and oxygen atoms in total. The number of nitrogens with one attached hydrogen (secondary N) is 2. The highest BCUT2D eigenvalue weighted by Crippen LogP contribution is 2.29. The van der Waals surface area contributed by atoms with Crippen LogP contribution >= 0.6 is 0 Å². The number of carbonyl (C=O) groups excluding carboxylic acids is 1. The summed E-state index contributed by atoms with van der Waals surface area (Å²) in [6.45, 7) is 0. The number of allylic oxidation sites excluding steroid dienone is 2. The first-order valence-corrected chi connectivity index (χ1v) is 8.29. The first-order valence-electron chi connectivity index (χ1n) is 8.29. The molecule has 0 aromatic heterocycles. The van der Waals surface area contributed by atoms with Gasteiger partial charge in [-0.2, -0.15) is 0 Å². The zero-order valence-corrected chi connectivity index (χ0v) is 14.3. The summed E-state index contributed by atoms with van der Waals surface area (Å²) < 4.78 is 0. The second kappa shape index (κ2) is 7.19. The van der Waals surface area contributed by atoms with Crippen molar-refractivity contribution >= 4 is 29.6 Å². The van der Waals surface area contributed by atoms with Crippen molar-refractivity contribution in [2.75, 3.05) is 0 Å². The van der Waals surface area contributed by atoms with Crippen LogP contribution < -0.4 is 11.5 Å². The molecule has 1 saturated carbocycles. The van der Waals surface area contributed by atoms with E-state index in [9.17, 15) is 4.79 Å². The summed E-state index contributed by atoms with van der Waals surface area (Å²) in [5, 5.41) is 14.8. The number of rotatable bonds is 4. The number of Topliss-reactive ketones (excluding diaryl/α,β-unsaturated/α-hetero) is 1. The molecule has 0 atom stereocenters. The largest absolute Gasteiger partial charge is 0.384 e. The zero-order valence-electron chi connectivity index (χ0n) is 14.3. The Balaban J connectivity index is 1.78. The monoisotopic (exact) mass is 344 g/mol. The van der Waals surface area contributed by atoms with Gasteiger partial charge in [-0.3, -0.25) is 15.6 Å². The maximum Gasteiger partial charge on any atom is 0.185 e. The van der Waals surface area contributed by atoms with Crippen molar-refractivity contribution in [1.82, 2.24) is 0 Å². The lowest BCUT2D eigenvalue weighted by Crippen LogP contribution is -2.10. The molecule has 0 saturated heterocycles. The van der Waals surface area contributed by atoms with E-state index >= 15 is 0 Å². The minimum absolute atomic E-state index is 0.0298. The molecule has 0 radical (unpaired) electrons. The maximum absolute atomic E-state index is 12.6. The Morgan fingerprint density at radius 1 is 0.731 bits per heavy atom. The predicted molar refractivity (Wildman–Crippen MR) is 105 cm³/mol. The lowest BCUT2D eigenvalue weighted by Gasteiger charge is -2.01. The van der Waals surface area contributed by atoms with Crippen molar-refractivity contribution < 1.29 is 4.79 Å². The molecule has 2 aromatic rings. The van der Waals surface area contributed by atoms with Crippen LogP contribution in [0.15, 0.2) is 59.7 Å². The van der Waals surface area contributed by atoms with Gasteiger partial charge in [0.1, 0.15) is 11.7 Å². The molecule has 6 N–H and O–H groups in total. The fraction of sp³-hybridized carbons (Fsp3) is 0.0952. The van der Waals surface area contributed by atoms with Crippen LogP contribution in [0.1, 0.15) is 35.1 Å². The molecule has 1 aliphatic rings. The molecule has 2 aromatic carbocycles. The van der Waals surface area contributed by atoms with Crippen LogP contribution in [0.5, 0.6) is 0 Å². The summed E-state index contributed by atoms with van der Waals surface area (Å²) in [5.74, 6) is 0.126. The quantitative estimate of drug-likeness (QED) is 0.388. The minimum Gasteiger partial charge on any atom is -0.384 e. The van der Waals surface area contributed by atoms with Crippen LogP contribution in [0, 0.1) is 10.8 Å². The lowest BCUT2D eigenvalue weighted by molar-refractivity contribution is -0.111. The average Bonchev–Trinajstić information content (AvgIpc) is 2.96. The van der Waals surface area contributed by atoms with Crippen molar-refractivity contribution in [1.29, 1.82) is 10.8 Å². The molecule has 0 amide bonds. The SMILES string of the molecule is N=C(N)c1ccc(C=C2CCC(=Cc3ccc(C(=N)N)cc3)C2=O)cc1. The van der Waals surface area contributed by atoms with Gasteiger partial charge < -0.3 is 11.5 Å². The van der Waals surface area contributed by atoms with Crippen molar-refractivity contribution in [2.45, 2.75) is 12.8 Å². The molecule has 1 aliphatic carbocycles. The zero-order chi connectivity index (χ0) is 18.7. The first-order chi connectivity index (χ1) is 12.4. The van der Waals surface area contributed by atoms with Gasteiger partial charge in [0.05, 0.1) is 0 Å². The number of benzene rings is 2. The Labute approximate surface area is 152 Å². The van der Waals surface area contributed by atoms with E-state index in [1.807, 2.05) is 36.4 Å². The van der Waals surface area contributed by atoms with Crippen LogP contribution in [0.3, 0.4) is 0 Å². The van der Waals surface area contributed by atoms with Gasteiger partial charge in [-0.25, -0.2) is 0 Å². The van der Waals surface area contributed by atoms with E-state index in [0.29, 0.717) is 24.0 Å². The molecule has 3 rings (SSSR count). The van der Waals surface area contributed by atoms with Gasteiger partial charge in [0.2, 0.25) is 0 Å². The molecule has 0 spiro atoms. The lowest BCUT2D eigenvalue weighted by atomic mass is 10.0. The number of ketones is 1. The summed E-state index contributed by atoms with van der Waals surface area (Å²) in [6.07, 6.45) is 5.22. The minimum atomic E-state index is 0.0298. The summed E-state index contributed by atoms with van der Waals surface area (Å²) in [6, 6.07) is 14.6. The Hall–Kier alpha value is -3.47. The Kier molecular flexibility index (Phi) is 4.80. The first kappa shape index (κ1) is 17.4. The topological polar surface area (TPSA) is 117 Å². The highest BCUT2D eigenvalue weighted by atomic mass is 16.1. The van der Waals surface area contributed by atoms with Gasteiger partial charge in [0, 0.05) is 22.3 Å². The van der Waals surface area contributed by atoms with E-state index in [4.69, 9.17) is 22.3 Å². The molecular weight excluding hydrogens is 324 g/mol. The molecule has 0 aliphatic heterocycles. The van der Waals surface area contributed by atoms with Crippen molar-refractivity contribution in [2.24, 2.45) is 11.5 Å². The van der Waals surface area contributed by atoms with E-state index in [2.05, 4.69) is 0 Å². The van der Waals surface area contributed by atoms with Crippen LogP contribution in [-0.2, 0) is 4.79 Å². The van der Waals surface area contributed by atoms with Crippen molar-refractivity contribution in [3.63, 3.8) is 0 Å². The highest BCUT2D eigenvalue weighted by Gasteiger charge is 2.22. The van der Waals surface area contributed by atoms with Crippen LogP contribution in [0.2, 0.25) is 0 Å². The standard InChI is InChI=1S/C21H20N4O/c22-20(23)15-5-1-13(2-6-15)11-17-9-10-18(19(17)26)12-14-3-7-16(8-4-14)21(24)25/h1-8,11-12H,9-10H2,(H3,22,23)(H3,24,25). The van der Waals surface area contributed by atoms with Gasteiger partial charge in [-0.05, 0) is 36.1 Å². The summed E-state index contributed by atoms with van der Waals surface area (Å²) in [7, 11) is 0. The average molecular weight is 344 g/mol. The summed E-state index contributed by atoms with van der Waals surface area (Å²) in [4.78, 5) is 12.6. The third kappa shape index (κ3) is 3.78. The van der Waals surface area contributed by atoms with Crippen LogP contribution in [-0.4, -0.2) is 17.5 Å². The molecule has 1 fully saturated rings. The number of nitrogens with two attached hydrogens (primary N) is 2. The molecule has 0 bridgehead atoms. The van der Waals surface area contributed by atoms with Gasteiger partial charge in [-0.15, -0.1) is 0 Å². The number of amidine groups is 2. The Bertz CT molecular complexity index is 857. The fourth-order valence-electron chi connectivity index (χ4n) is 2.90. The van der Waals surface area contributed by atoms with E-state index in [1.54, 1.807) is 24.3 Å². The summed E-state index contributed by atoms with van der Waals surface area (Å²) in [5.41, 5.74) is 15.7. The fourth-order valence-corrected chi connectivity index (χ4v) is 2.90. The Morgan fingerprint density at radius 2 is 1.08 bits per heavy atom. The van der Waals surface area contributed by atoms with Gasteiger partial charge >= 0.3 is 0 Å². The maximum atomic E-state index is 12.6.